The highest BCUT2D eigenvalue weighted by molar-refractivity contribution is 8.00. The first kappa shape index (κ1) is 15.8. The monoisotopic (exact) mass is 273 g/mol. The predicted octanol–water partition coefficient (Wildman–Crippen LogP) is 2.98. The molecule has 3 unspecified atom stereocenters. The molecule has 0 radical (unpaired) electrons. The van der Waals surface area contributed by atoms with Crippen molar-refractivity contribution < 1.29 is 9.53 Å². The number of carbonyl (C=O) groups is 1. The van der Waals surface area contributed by atoms with E-state index < -0.39 is 5.54 Å². The summed E-state index contributed by atoms with van der Waals surface area (Å²) >= 11 is 2.02. The zero-order chi connectivity index (χ0) is 13.6. The minimum Gasteiger partial charge on any atom is -0.465 e. The number of esters is 1. The van der Waals surface area contributed by atoms with Crippen molar-refractivity contribution in [1.82, 2.24) is 5.32 Å². The van der Waals surface area contributed by atoms with Gasteiger partial charge in [-0.15, -0.1) is 0 Å². The molecule has 106 valence electrons. The largest absolute Gasteiger partial charge is 0.465 e. The molecule has 0 saturated heterocycles. The summed E-state index contributed by atoms with van der Waals surface area (Å²) in [6.07, 6.45) is 4.12. The van der Waals surface area contributed by atoms with Crippen molar-refractivity contribution in [2.45, 2.75) is 69.4 Å². The highest BCUT2D eigenvalue weighted by Crippen LogP contribution is 2.40. The van der Waals surface area contributed by atoms with Crippen molar-refractivity contribution >= 4 is 17.7 Å². The Bertz CT molecular complexity index is 273. The van der Waals surface area contributed by atoms with Crippen molar-refractivity contribution in [1.29, 1.82) is 0 Å². The molecule has 1 rings (SSSR count). The van der Waals surface area contributed by atoms with Crippen molar-refractivity contribution in [3.63, 3.8) is 0 Å². The summed E-state index contributed by atoms with van der Waals surface area (Å²) in [4.78, 5) is 12.2. The van der Waals surface area contributed by atoms with Gasteiger partial charge in [0.2, 0.25) is 0 Å². The molecule has 1 saturated carbocycles. The van der Waals surface area contributed by atoms with Crippen LogP contribution in [-0.4, -0.2) is 35.2 Å². The third-order valence-electron chi connectivity index (χ3n) is 3.65. The van der Waals surface area contributed by atoms with E-state index in [0.717, 1.165) is 25.8 Å². The van der Waals surface area contributed by atoms with Crippen LogP contribution < -0.4 is 5.32 Å². The maximum absolute atomic E-state index is 12.2. The van der Waals surface area contributed by atoms with E-state index >= 15 is 0 Å². The fraction of sp³-hybridized carbons (Fsp3) is 0.929. The summed E-state index contributed by atoms with van der Waals surface area (Å²) in [6, 6.07) is 0. The van der Waals surface area contributed by atoms with Crippen LogP contribution in [0.25, 0.3) is 0 Å². The Morgan fingerprint density at radius 1 is 1.50 bits per heavy atom. The van der Waals surface area contributed by atoms with Crippen LogP contribution in [0.4, 0.5) is 0 Å². The van der Waals surface area contributed by atoms with Crippen molar-refractivity contribution in [2.75, 3.05) is 13.2 Å². The van der Waals surface area contributed by atoms with Crippen molar-refractivity contribution in [2.24, 2.45) is 0 Å². The zero-order valence-electron chi connectivity index (χ0n) is 12.1. The van der Waals surface area contributed by atoms with Gasteiger partial charge >= 0.3 is 5.97 Å². The minimum atomic E-state index is -0.421. The lowest BCUT2D eigenvalue weighted by Crippen LogP contribution is -2.51. The Labute approximate surface area is 115 Å². The predicted molar refractivity (Wildman–Crippen MR) is 78.0 cm³/mol. The van der Waals surface area contributed by atoms with Crippen LogP contribution in [0.3, 0.4) is 0 Å². The topological polar surface area (TPSA) is 38.3 Å². The van der Waals surface area contributed by atoms with Crippen molar-refractivity contribution in [3.8, 4) is 0 Å². The van der Waals surface area contributed by atoms with Crippen LogP contribution in [0.15, 0.2) is 0 Å². The quantitative estimate of drug-likeness (QED) is 0.724. The smallest absolute Gasteiger partial charge is 0.326 e. The van der Waals surface area contributed by atoms with Gasteiger partial charge in [0.1, 0.15) is 5.54 Å². The Morgan fingerprint density at radius 2 is 2.22 bits per heavy atom. The molecular weight excluding hydrogens is 246 g/mol. The fourth-order valence-electron chi connectivity index (χ4n) is 2.57. The minimum absolute atomic E-state index is 0.0564. The highest BCUT2D eigenvalue weighted by atomic mass is 32.2. The summed E-state index contributed by atoms with van der Waals surface area (Å²) in [5.41, 5.74) is -0.421. The third-order valence-corrected chi connectivity index (χ3v) is 5.24. The van der Waals surface area contributed by atoms with E-state index in [0.29, 0.717) is 17.1 Å². The zero-order valence-corrected chi connectivity index (χ0v) is 12.9. The van der Waals surface area contributed by atoms with Gasteiger partial charge in [-0.2, -0.15) is 11.8 Å². The molecule has 0 aromatic carbocycles. The lowest BCUT2D eigenvalue weighted by molar-refractivity contribution is -0.151. The summed E-state index contributed by atoms with van der Waals surface area (Å²) in [5, 5.41) is 4.64. The SMILES string of the molecule is CCNC1(C(=O)OCC)CCC(SC(C)CC)C1. The summed E-state index contributed by atoms with van der Waals surface area (Å²) in [6.45, 7) is 9.69. The molecule has 1 aliphatic carbocycles. The maximum atomic E-state index is 12.2. The number of thioether (sulfide) groups is 1. The second-order valence-electron chi connectivity index (χ2n) is 5.05. The normalized spacial score (nSPS) is 29.2. The molecule has 18 heavy (non-hydrogen) atoms. The molecule has 3 nitrogen and oxygen atoms in total. The van der Waals surface area contributed by atoms with Crippen LogP contribution in [-0.2, 0) is 9.53 Å². The average Bonchev–Trinajstić information content (AvgIpc) is 2.74. The molecule has 0 bridgehead atoms. The van der Waals surface area contributed by atoms with Gasteiger partial charge in [-0.3, -0.25) is 4.79 Å². The number of nitrogens with one attached hydrogen (secondary N) is 1. The molecule has 0 aromatic heterocycles. The van der Waals surface area contributed by atoms with Gasteiger partial charge in [0.25, 0.3) is 0 Å². The highest BCUT2D eigenvalue weighted by Gasteiger charge is 2.46. The number of hydrogen-bond acceptors (Lipinski definition) is 4. The maximum Gasteiger partial charge on any atom is 0.326 e. The van der Waals surface area contributed by atoms with Crippen LogP contribution in [0.5, 0.6) is 0 Å². The first-order valence-corrected chi connectivity index (χ1v) is 8.10. The summed E-state index contributed by atoms with van der Waals surface area (Å²) in [5.74, 6) is -0.0564. The number of rotatable bonds is 7. The number of hydrogen-bond donors (Lipinski definition) is 1. The van der Waals surface area contributed by atoms with E-state index in [1.165, 1.54) is 6.42 Å². The second kappa shape index (κ2) is 7.39. The lowest BCUT2D eigenvalue weighted by atomic mass is 9.98. The van der Waals surface area contributed by atoms with Gasteiger partial charge in [-0.05, 0) is 39.2 Å². The molecule has 1 aliphatic rings. The van der Waals surface area contributed by atoms with Crippen molar-refractivity contribution in [3.05, 3.63) is 0 Å². The van der Waals surface area contributed by atoms with Gasteiger partial charge < -0.3 is 10.1 Å². The second-order valence-corrected chi connectivity index (χ2v) is 6.80. The number of carbonyl (C=O) groups excluding carboxylic acids is 1. The Hall–Kier alpha value is -0.220. The first-order chi connectivity index (χ1) is 8.57. The Morgan fingerprint density at radius 3 is 2.78 bits per heavy atom. The molecular formula is C14H27NO2S. The Kier molecular flexibility index (Phi) is 6.50. The van der Waals surface area contributed by atoms with Crippen LogP contribution in [0.1, 0.15) is 53.4 Å². The molecule has 1 fully saturated rings. The molecule has 1 N–H and O–H groups in total. The van der Waals surface area contributed by atoms with E-state index in [1.54, 1.807) is 0 Å². The van der Waals surface area contributed by atoms with E-state index in [4.69, 9.17) is 4.74 Å². The molecule has 0 heterocycles. The lowest BCUT2D eigenvalue weighted by Gasteiger charge is -2.28. The summed E-state index contributed by atoms with van der Waals surface area (Å²) < 4.78 is 5.25. The summed E-state index contributed by atoms with van der Waals surface area (Å²) in [7, 11) is 0. The van der Waals surface area contributed by atoms with E-state index in [9.17, 15) is 4.79 Å². The van der Waals surface area contributed by atoms with E-state index in [2.05, 4.69) is 26.1 Å². The van der Waals surface area contributed by atoms with Gasteiger partial charge in [-0.25, -0.2) is 0 Å². The van der Waals surface area contributed by atoms with Gasteiger partial charge in [-0.1, -0.05) is 20.8 Å². The molecule has 0 amide bonds. The molecule has 4 heteroatoms. The van der Waals surface area contributed by atoms with Gasteiger partial charge in [0.15, 0.2) is 0 Å². The molecule has 0 aromatic rings. The fourth-order valence-corrected chi connectivity index (χ4v) is 4.05. The van der Waals surface area contributed by atoms with E-state index in [-0.39, 0.29) is 5.97 Å². The van der Waals surface area contributed by atoms with Gasteiger partial charge in [0.05, 0.1) is 6.61 Å². The molecule has 0 spiro atoms. The number of ether oxygens (including phenoxy) is 1. The number of likely N-dealkylation sites (N-methyl/N-ethyl adjacent to an activating group) is 1. The third kappa shape index (κ3) is 3.89. The Balaban J connectivity index is 2.63. The van der Waals surface area contributed by atoms with E-state index in [1.807, 2.05) is 18.7 Å². The average molecular weight is 273 g/mol. The molecule has 3 atom stereocenters. The van der Waals surface area contributed by atoms with Crippen LogP contribution >= 0.6 is 11.8 Å². The first-order valence-electron chi connectivity index (χ1n) is 7.15. The van der Waals surface area contributed by atoms with Crippen LogP contribution in [0, 0.1) is 0 Å². The standard InChI is InChI=1S/C14H27NO2S/c1-5-11(4)18-12-8-9-14(10-12,15-6-2)13(16)17-7-3/h11-12,15H,5-10H2,1-4H3. The van der Waals surface area contributed by atoms with Crippen LogP contribution in [0.2, 0.25) is 0 Å². The van der Waals surface area contributed by atoms with Gasteiger partial charge in [0, 0.05) is 10.5 Å². The molecule has 0 aliphatic heterocycles.